The highest BCUT2D eigenvalue weighted by molar-refractivity contribution is 6.32. The minimum atomic E-state index is 0.435. The van der Waals surface area contributed by atoms with Crippen molar-refractivity contribution in [3.8, 4) is 17.0 Å². The maximum Gasteiger partial charge on any atom is 0.214 e. The molecule has 0 bridgehead atoms. The van der Waals surface area contributed by atoms with Crippen LogP contribution in [-0.4, -0.2) is 24.2 Å². The number of nitrogens with zero attached hydrogens (tertiary/aromatic N) is 1. The molecule has 0 amide bonds. The fourth-order valence-electron chi connectivity index (χ4n) is 2.42. The van der Waals surface area contributed by atoms with Gasteiger partial charge in [-0.2, -0.15) is 0 Å². The number of pyridine rings is 1. The molecule has 3 rings (SSSR count). The summed E-state index contributed by atoms with van der Waals surface area (Å²) >= 11 is 6.25. The summed E-state index contributed by atoms with van der Waals surface area (Å²) in [4.78, 5) is 4.33. The standard InChI is InChI=1S/C16H17ClN2O/c17-16-14(12-5-2-1-3-6-12)8-9-15(19-16)20-11-13-7-4-10-18-13/h1-3,5-6,8-9,13,18H,4,7,10-11H2/t13-/m1/s1. The first-order valence-corrected chi connectivity index (χ1v) is 7.29. The van der Waals surface area contributed by atoms with Gasteiger partial charge in [-0.3, -0.25) is 0 Å². The average Bonchev–Trinajstić information content (AvgIpc) is 2.99. The van der Waals surface area contributed by atoms with Crippen LogP contribution in [0.3, 0.4) is 0 Å². The summed E-state index contributed by atoms with van der Waals surface area (Å²) in [7, 11) is 0. The van der Waals surface area contributed by atoms with Crippen LogP contribution < -0.4 is 10.1 Å². The summed E-state index contributed by atoms with van der Waals surface area (Å²) < 4.78 is 5.70. The van der Waals surface area contributed by atoms with E-state index in [9.17, 15) is 0 Å². The third-order valence-electron chi connectivity index (χ3n) is 3.50. The molecule has 0 spiro atoms. The highest BCUT2D eigenvalue weighted by Gasteiger charge is 2.15. The Kier molecular flexibility index (Phi) is 4.19. The topological polar surface area (TPSA) is 34.1 Å². The van der Waals surface area contributed by atoms with Gasteiger partial charge in [0, 0.05) is 17.7 Å². The molecule has 1 aromatic carbocycles. The molecule has 1 N–H and O–H groups in total. The summed E-state index contributed by atoms with van der Waals surface area (Å²) in [6.45, 7) is 1.73. The average molecular weight is 289 g/mol. The highest BCUT2D eigenvalue weighted by Crippen LogP contribution is 2.28. The normalized spacial score (nSPS) is 18.1. The van der Waals surface area contributed by atoms with Crippen molar-refractivity contribution >= 4 is 11.6 Å². The highest BCUT2D eigenvalue weighted by atomic mass is 35.5. The quantitative estimate of drug-likeness (QED) is 0.874. The Morgan fingerprint density at radius 2 is 2.05 bits per heavy atom. The number of aromatic nitrogens is 1. The predicted molar refractivity (Wildman–Crippen MR) is 81.2 cm³/mol. The van der Waals surface area contributed by atoms with E-state index in [0.29, 0.717) is 23.7 Å². The zero-order valence-corrected chi connectivity index (χ0v) is 11.9. The Labute approximate surface area is 123 Å². The number of hydrogen-bond acceptors (Lipinski definition) is 3. The number of ether oxygens (including phenoxy) is 1. The second-order valence-electron chi connectivity index (χ2n) is 4.96. The molecule has 0 radical (unpaired) electrons. The van der Waals surface area contributed by atoms with Crippen LogP contribution >= 0.6 is 11.6 Å². The Morgan fingerprint density at radius 1 is 1.20 bits per heavy atom. The molecule has 2 aromatic rings. The van der Waals surface area contributed by atoms with Crippen molar-refractivity contribution in [2.45, 2.75) is 18.9 Å². The molecule has 1 aromatic heterocycles. The first-order valence-electron chi connectivity index (χ1n) is 6.91. The van der Waals surface area contributed by atoms with E-state index in [4.69, 9.17) is 16.3 Å². The first-order chi connectivity index (χ1) is 9.83. The minimum Gasteiger partial charge on any atom is -0.476 e. The Balaban J connectivity index is 1.70. The van der Waals surface area contributed by atoms with Gasteiger partial charge in [0.1, 0.15) is 11.8 Å². The minimum absolute atomic E-state index is 0.435. The first kappa shape index (κ1) is 13.4. The summed E-state index contributed by atoms with van der Waals surface area (Å²) in [6, 6.07) is 14.3. The van der Waals surface area contributed by atoms with Gasteiger partial charge >= 0.3 is 0 Å². The number of hydrogen-bond donors (Lipinski definition) is 1. The molecule has 20 heavy (non-hydrogen) atoms. The van der Waals surface area contributed by atoms with Crippen molar-refractivity contribution in [2.75, 3.05) is 13.2 Å². The van der Waals surface area contributed by atoms with Gasteiger partial charge in [-0.05, 0) is 31.0 Å². The molecule has 2 heterocycles. The largest absolute Gasteiger partial charge is 0.476 e. The zero-order chi connectivity index (χ0) is 13.8. The molecule has 1 aliphatic heterocycles. The van der Waals surface area contributed by atoms with Crippen LogP contribution in [0.4, 0.5) is 0 Å². The van der Waals surface area contributed by atoms with Crippen molar-refractivity contribution in [1.29, 1.82) is 0 Å². The summed E-state index contributed by atoms with van der Waals surface area (Å²) in [5.74, 6) is 0.586. The molecular formula is C16H17ClN2O. The molecule has 4 heteroatoms. The lowest BCUT2D eigenvalue weighted by atomic mass is 10.1. The van der Waals surface area contributed by atoms with Crippen LogP contribution in [0.1, 0.15) is 12.8 Å². The van der Waals surface area contributed by atoms with Crippen molar-refractivity contribution < 1.29 is 4.74 Å². The molecule has 0 saturated carbocycles. The van der Waals surface area contributed by atoms with Crippen molar-refractivity contribution in [3.05, 3.63) is 47.6 Å². The second kappa shape index (κ2) is 6.25. The van der Waals surface area contributed by atoms with E-state index >= 15 is 0 Å². The van der Waals surface area contributed by atoms with Gasteiger partial charge in [0.05, 0.1) is 0 Å². The van der Waals surface area contributed by atoms with Gasteiger partial charge < -0.3 is 10.1 Å². The number of nitrogens with one attached hydrogen (secondary N) is 1. The van der Waals surface area contributed by atoms with E-state index in [1.165, 1.54) is 6.42 Å². The van der Waals surface area contributed by atoms with E-state index in [2.05, 4.69) is 10.3 Å². The van der Waals surface area contributed by atoms with Crippen LogP contribution in [0.2, 0.25) is 5.15 Å². The van der Waals surface area contributed by atoms with Gasteiger partial charge in [0.15, 0.2) is 0 Å². The Morgan fingerprint density at radius 3 is 2.75 bits per heavy atom. The lowest BCUT2D eigenvalue weighted by molar-refractivity contribution is 0.267. The number of benzene rings is 1. The van der Waals surface area contributed by atoms with E-state index in [-0.39, 0.29) is 0 Å². The van der Waals surface area contributed by atoms with Crippen molar-refractivity contribution in [3.63, 3.8) is 0 Å². The zero-order valence-electron chi connectivity index (χ0n) is 11.2. The fourth-order valence-corrected chi connectivity index (χ4v) is 2.67. The van der Waals surface area contributed by atoms with Gasteiger partial charge in [-0.25, -0.2) is 4.98 Å². The molecule has 1 atom stereocenters. The van der Waals surface area contributed by atoms with Gasteiger partial charge in [-0.1, -0.05) is 41.9 Å². The smallest absolute Gasteiger partial charge is 0.214 e. The number of halogens is 1. The molecular weight excluding hydrogens is 272 g/mol. The second-order valence-corrected chi connectivity index (χ2v) is 5.32. The van der Waals surface area contributed by atoms with Crippen molar-refractivity contribution in [1.82, 2.24) is 10.3 Å². The SMILES string of the molecule is Clc1nc(OC[C@H]2CCCN2)ccc1-c1ccccc1. The van der Waals surface area contributed by atoms with Crippen LogP contribution in [0.25, 0.3) is 11.1 Å². The lowest BCUT2D eigenvalue weighted by Gasteiger charge is -2.12. The van der Waals surface area contributed by atoms with Gasteiger partial charge in [0.2, 0.25) is 5.88 Å². The van der Waals surface area contributed by atoms with Crippen LogP contribution in [0, 0.1) is 0 Å². The maximum atomic E-state index is 6.25. The van der Waals surface area contributed by atoms with Crippen LogP contribution in [0.5, 0.6) is 5.88 Å². The molecule has 1 saturated heterocycles. The molecule has 104 valence electrons. The fraction of sp³-hybridized carbons (Fsp3) is 0.312. The maximum absolute atomic E-state index is 6.25. The van der Waals surface area contributed by atoms with Gasteiger partial charge in [-0.15, -0.1) is 0 Å². The molecule has 1 aliphatic rings. The van der Waals surface area contributed by atoms with E-state index < -0.39 is 0 Å². The van der Waals surface area contributed by atoms with Crippen LogP contribution in [0.15, 0.2) is 42.5 Å². The molecule has 0 aliphatic carbocycles. The number of rotatable bonds is 4. The van der Waals surface area contributed by atoms with Gasteiger partial charge in [0.25, 0.3) is 0 Å². The summed E-state index contributed by atoms with van der Waals surface area (Å²) in [6.07, 6.45) is 2.38. The molecule has 0 unspecified atom stereocenters. The monoisotopic (exact) mass is 288 g/mol. The summed E-state index contributed by atoms with van der Waals surface area (Å²) in [5.41, 5.74) is 1.99. The molecule has 1 fully saturated rings. The summed E-state index contributed by atoms with van der Waals surface area (Å²) in [5, 5.41) is 3.87. The Hall–Kier alpha value is -1.58. The predicted octanol–water partition coefficient (Wildman–Crippen LogP) is 3.53. The molecule has 3 nitrogen and oxygen atoms in total. The Bertz CT molecular complexity index is 568. The lowest BCUT2D eigenvalue weighted by Crippen LogP contribution is -2.28. The van der Waals surface area contributed by atoms with E-state index in [1.807, 2.05) is 42.5 Å². The third kappa shape index (κ3) is 3.11. The van der Waals surface area contributed by atoms with E-state index in [1.54, 1.807) is 0 Å². The third-order valence-corrected chi connectivity index (χ3v) is 3.79. The van der Waals surface area contributed by atoms with Crippen LogP contribution in [-0.2, 0) is 0 Å². The van der Waals surface area contributed by atoms with E-state index in [0.717, 1.165) is 24.1 Å². The van der Waals surface area contributed by atoms with Crippen molar-refractivity contribution in [2.24, 2.45) is 0 Å².